The van der Waals surface area contributed by atoms with Gasteiger partial charge in [0.15, 0.2) is 0 Å². The molecule has 0 fully saturated rings. The summed E-state index contributed by atoms with van der Waals surface area (Å²) < 4.78 is 0. The summed E-state index contributed by atoms with van der Waals surface area (Å²) in [5.41, 5.74) is 13.5. The monoisotopic (exact) mass is 586 g/mol. The van der Waals surface area contributed by atoms with Crippen molar-refractivity contribution in [3.8, 4) is 22.3 Å². The lowest BCUT2D eigenvalue weighted by molar-refractivity contribution is 0.595. The minimum Gasteiger partial charge on any atom is -0.0613 e. The molecule has 45 heavy (non-hydrogen) atoms. The van der Waals surface area contributed by atoms with E-state index in [1.807, 2.05) is 0 Å². The average Bonchev–Trinajstić information content (AvgIpc) is 2.99. The standard InChI is InChI=1S/C45H46/c1-11-29-21-31(15-13-27(29)3)33-23-37-36-22-32(30-14-12-26(2)28(4)20-30)24-38-40(44(5,6)7)18-16-34(42(36)38)35-17-19-41(45(8,9)10)39(25-33)43(35)37/h12-25H,11H2,1-10H3. The van der Waals surface area contributed by atoms with Gasteiger partial charge in [0.1, 0.15) is 0 Å². The largest absolute Gasteiger partial charge is 0.0613 e. The lowest BCUT2D eigenvalue weighted by Crippen LogP contribution is -2.12. The van der Waals surface area contributed by atoms with Crippen molar-refractivity contribution < 1.29 is 0 Å². The van der Waals surface area contributed by atoms with Crippen molar-refractivity contribution in [2.75, 3.05) is 0 Å². The van der Waals surface area contributed by atoms with Crippen LogP contribution in [-0.2, 0) is 17.3 Å². The van der Waals surface area contributed by atoms with E-state index in [1.165, 1.54) is 98.7 Å². The molecule has 0 aliphatic rings. The van der Waals surface area contributed by atoms with Gasteiger partial charge in [0.25, 0.3) is 0 Å². The second kappa shape index (κ2) is 10.2. The maximum absolute atomic E-state index is 2.49. The molecule has 0 N–H and O–H groups in total. The van der Waals surface area contributed by atoms with Gasteiger partial charge in [-0.3, -0.25) is 0 Å². The van der Waals surface area contributed by atoms with Crippen molar-refractivity contribution in [3.63, 3.8) is 0 Å². The van der Waals surface area contributed by atoms with Crippen LogP contribution in [0.15, 0.2) is 84.9 Å². The van der Waals surface area contributed by atoms with Crippen LogP contribution in [0.1, 0.15) is 81.8 Å². The maximum atomic E-state index is 2.49. The van der Waals surface area contributed by atoms with Crippen molar-refractivity contribution in [2.24, 2.45) is 0 Å². The lowest BCUT2D eigenvalue weighted by atomic mass is 9.77. The van der Waals surface area contributed by atoms with Crippen molar-refractivity contribution >= 4 is 43.1 Å². The molecule has 7 rings (SSSR count). The second-order valence-electron chi connectivity index (χ2n) is 15.5. The van der Waals surface area contributed by atoms with Crippen molar-refractivity contribution in [3.05, 3.63) is 118 Å². The molecule has 0 radical (unpaired) electrons. The highest BCUT2D eigenvalue weighted by molar-refractivity contribution is 6.34. The summed E-state index contributed by atoms with van der Waals surface area (Å²) in [5, 5.41) is 11.0. The summed E-state index contributed by atoms with van der Waals surface area (Å²) in [5.74, 6) is 0. The van der Waals surface area contributed by atoms with Gasteiger partial charge in [-0.2, -0.15) is 0 Å². The molecule has 0 aliphatic carbocycles. The zero-order valence-corrected chi connectivity index (χ0v) is 28.8. The minimum absolute atomic E-state index is 0.0171. The van der Waals surface area contributed by atoms with E-state index in [-0.39, 0.29) is 10.8 Å². The first-order valence-corrected chi connectivity index (χ1v) is 16.7. The topological polar surface area (TPSA) is 0 Å². The summed E-state index contributed by atoms with van der Waals surface area (Å²) in [6, 6.07) is 33.5. The molecule has 0 atom stereocenters. The molecule has 0 aliphatic heterocycles. The highest BCUT2D eigenvalue weighted by atomic mass is 14.3. The Labute approximate surface area is 269 Å². The molecule has 0 nitrogen and oxygen atoms in total. The molecule has 226 valence electrons. The molecule has 0 heteroatoms. The van der Waals surface area contributed by atoms with Crippen LogP contribution < -0.4 is 0 Å². The van der Waals surface area contributed by atoms with Gasteiger partial charge in [0.2, 0.25) is 0 Å². The first-order valence-electron chi connectivity index (χ1n) is 16.7. The Hall–Kier alpha value is -4.16. The molecular formula is C45H46. The second-order valence-corrected chi connectivity index (χ2v) is 15.5. The minimum atomic E-state index is 0.0171. The first kappa shape index (κ1) is 29.5. The number of benzene rings is 7. The van der Waals surface area contributed by atoms with Gasteiger partial charge in [0, 0.05) is 0 Å². The molecule has 0 bridgehead atoms. The van der Waals surface area contributed by atoms with E-state index in [9.17, 15) is 0 Å². The Morgan fingerprint density at radius 2 is 0.844 bits per heavy atom. The normalized spacial score (nSPS) is 12.8. The van der Waals surface area contributed by atoms with Gasteiger partial charge >= 0.3 is 0 Å². The van der Waals surface area contributed by atoms with E-state index >= 15 is 0 Å². The zero-order chi connectivity index (χ0) is 32.0. The summed E-state index contributed by atoms with van der Waals surface area (Å²) >= 11 is 0. The van der Waals surface area contributed by atoms with Gasteiger partial charge in [-0.1, -0.05) is 109 Å². The summed E-state index contributed by atoms with van der Waals surface area (Å²) in [4.78, 5) is 0. The van der Waals surface area contributed by atoms with Crippen LogP contribution in [0, 0.1) is 20.8 Å². The SMILES string of the molecule is CCc1cc(-c2cc3c(C(C)(C)C)ccc4c5ccc(C(C)(C)C)c6cc(-c7ccc(C)c(C)c7)cc(c(c2)c34)c65)ccc1C. The third-order valence-corrected chi connectivity index (χ3v) is 10.3. The van der Waals surface area contributed by atoms with Crippen LogP contribution in [-0.4, -0.2) is 0 Å². The van der Waals surface area contributed by atoms with E-state index in [0.717, 1.165) is 6.42 Å². The van der Waals surface area contributed by atoms with Crippen LogP contribution in [0.25, 0.3) is 65.3 Å². The van der Waals surface area contributed by atoms with Crippen molar-refractivity contribution in [2.45, 2.75) is 86.5 Å². The predicted molar refractivity (Wildman–Crippen MR) is 200 cm³/mol. The van der Waals surface area contributed by atoms with E-state index in [1.54, 1.807) is 0 Å². The molecule has 7 aromatic rings. The average molecular weight is 587 g/mol. The fourth-order valence-electron chi connectivity index (χ4n) is 7.64. The Bertz CT molecular complexity index is 2280. The summed E-state index contributed by atoms with van der Waals surface area (Å²) in [6.07, 6.45) is 1.04. The van der Waals surface area contributed by atoms with Crippen LogP contribution in [0.5, 0.6) is 0 Å². The van der Waals surface area contributed by atoms with Gasteiger partial charge in [-0.25, -0.2) is 0 Å². The van der Waals surface area contributed by atoms with Crippen LogP contribution >= 0.6 is 0 Å². The predicted octanol–water partition coefficient (Wildman–Crippen LogP) is 13.2. The van der Waals surface area contributed by atoms with E-state index in [0.29, 0.717) is 0 Å². The van der Waals surface area contributed by atoms with Gasteiger partial charge in [0.05, 0.1) is 0 Å². The molecule has 0 heterocycles. The van der Waals surface area contributed by atoms with Crippen LogP contribution in [0.3, 0.4) is 0 Å². The molecule has 0 aromatic heterocycles. The number of hydrogen-bond donors (Lipinski definition) is 0. The molecule has 0 unspecified atom stereocenters. The summed E-state index contributed by atoms with van der Waals surface area (Å²) in [6.45, 7) is 23.0. The number of hydrogen-bond acceptors (Lipinski definition) is 0. The molecule has 0 saturated heterocycles. The molecule has 0 saturated carbocycles. The van der Waals surface area contributed by atoms with Crippen molar-refractivity contribution in [1.29, 1.82) is 0 Å². The molecule has 0 spiro atoms. The lowest BCUT2D eigenvalue weighted by Gasteiger charge is -2.27. The quantitative estimate of drug-likeness (QED) is 0.143. The van der Waals surface area contributed by atoms with E-state index in [4.69, 9.17) is 0 Å². The number of fused-ring (bicyclic) bond motifs is 2. The zero-order valence-electron chi connectivity index (χ0n) is 28.8. The number of aryl methyl sites for hydroxylation is 4. The highest BCUT2D eigenvalue weighted by Crippen LogP contribution is 2.48. The van der Waals surface area contributed by atoms with Gasteiger partial charge in [-0.05, 0) is 161 Å². The molecule has 0 amide bonds. The fraction of sp³-hybridized carbons (Fsp3) is 0.289. The Balaban J connectivity index is 1.72. The van der Waals surface area contributed by atoms with Crippen molar-refractivity contribution in [1.82, 2.24) is 0 Å². The molecular weight excluding hydrogens is 540 g/mol. The third-order valence-electron chi connectivity index (χ3n) is 10.3. The maximum Gasteiger partial charge on any atom is -0.00230 e. The summed E-state index contributed by atoms with van der Waals surface area (Å²) in [7, 11) is 0. The Morgan fingerprint density at radius 1 is 0.400 bits per heavy atom. The Morgan fingerprint density at radius 3 is 1.29 bits per heavy atom. The molecule has 7 aromatic carbocycles. The Kier molecular flexibility index (Phi) is 6.68. The van der Waals surface area contributed by atoms with E-state index < -0.39 is 0 Å². The smallest absolute Gasteiger partial charge is 0.00230 e. The first-order chi connectivity index (χ1) is 21.3. The van der Waals surface area contributed by atoms with E-state index in [2.05, 4.69) is 154 Å². The fourth-order valence-corrected chi connectivity index (χ4v) is 7.64. The third kappa shape index (κ3) is 4.73. The number of rotatable bonds is 3. The highest BCUT2D eigenvalue weighted by Gasteiger charge is 2.25. The van der Waals surface area contributed by atoms with Gasteiger partial charge in [-0.15, -0.1) is 0 Å². The van der Waals surface area contributed by atoms with Crippen LogP contribution in [0.4, 0.5) is 0 Å². The van der Waals surface area contributed by atoms with Crippen LogP contribution in [0.2, 0.25) is 0 Å². The van der Waals surface area contributed by atoms with Gasteiger partial charge < -0.3 is 0 Å².